The summed E-state index contributed by atoms with van der Waals surface area (Å²) in [7, 11) is 0. The zero-order valence-electron chi connectivity index (χ0n) is 12.6. The summed E-state index contributed by atoms with van der Waals surface area (Å²) in [6, 6.07) is 3.87. The lowest BCUT2D eigenvalue weighted by Gasteiger charge is -2.23. The largest absolute Gasteiger partial charge is 0.492 e. The molecule has 1 aliphatic rings. The van der Waals surface area contributed by atoms with E-state index in [0.717, 1.165) is 38.0 Å². The molecule has 1 saturated heterocycles. The summed E-state index contributed by atoms with van der Waals surface area (Å²) in [5.74, 6) is 0.639. The van der Waals surface area contributed by atoms with Gasteiger partial charge in [-0.25, -0.2) is 0 Å². The lowest BCUT2D eigenvalue weighted by molar-refractivity contribution is 0.0947. The van der Waals surface area contributed by atoms with E-state index in [1.54, 1.807) is 0 Å². The molecule has 2 rings (SSSR count). The van der Waals surface area contributed by atoms with Crippen molar-refractivity contribution in [1.82, 2.24) is 5.32 Å². The first kappa shape index (κ1) is 16.9. The van der Waals surface area contributed by atoms with E-state index in [1.807, 2.05) is 19.1 Å². The van der Waals surface area contributed by atoms with E-state index in [1.165, 1.54) is 0 Å². The van der Waals surface area contributed by atoms with E-state index < -0.39 is 0 Å². The predicted octanol–water partition coefficient (Wildman–Crippen LogP) is 4.61. The quantitative estimate of drug-likeness (QED) is 0.791. The van der Waals surface area contributed by atoms with Crippen molar-refractivity contribution in [1.29, 1.82) is 0 Å². The molecule has 118 valence electrons. The Morgan fingerprint density at radius 1 is 1.33 bits per heavy atom. The SMILES string of the molecule is CCNC(CC1CCCO1)c1cc(Cl)c(OCC)cc1Cl. The number of rotatable bonds is 7. The predicted molar refractivity (Wildman–Crippen MR) is 87.6 cm³/mol. The summed E-state index contributed by atoms with van der Waals surface area (Å²) in [6.45, 7) is 6.32. The molecule has 0 spiro atoms. The van der Waals surface area contributed by atoms with Crippen LogP contribution in [-0.2, 0) is 4.74 Å². The summed E-state index contributed by atoms with van der Waals surface area (Å²) in [6.07, 6.45) is 3.47. The van der Waals surface area contributed by atoms with Crippen LogP contribution in [0.2, 0.25) is 10.0 Å². The fraction of sp³-hybridized carbons (Fsp3) is 0.625. The minimum atomic E-state index is 0.152. The van der Waals surface area contributed by atoms with E-state index in [4.69, 9.17) is 32.7 Å². The van der Waals surface area contributed by atoms with E-state index in [-0.39, 0.29) is 6.04 Å². The van der Waals surface area contributed by atoms with Crippen LogP contribution in [0.3, 0.4) is 0 Å². The second kappa shape index (κ2) is 8.23. The van der Waals surface area contributed by atoms with Crippen molar-refractivity contribution in [2.45, 2.75) is 45.3 Å². The zero-order valence-corrected chi connectivity index (χ0v) is 14.1. The van der Waals surface area contributed by atoms with Gasteiger partial charge in [-0.1, -0.05) is 30.1 Å². The minimum absolute atomic E-state index is 0.152. The number of nitrogens with one attached hydrogen (secondary N) is 1. The number of hydrogen-bond donors (Lipinski definition) is 1. The average molecular weight is 332 g/mol. The number of ether oxygens (including phenoxy) is 2. The van der Waals surface area contributed by atoms with Crippen molar-refractivity contribution in [3.05, 3.63) is 27.7 Å². The molecule has 0 bridgehead atoms. The smallest absolute Gasteiger partial charge is 0.139 e. The molecule has 0 radical (unpaired) electrons. The summed E-state index contributed by atoms with van der Waals surface area (Å²) < 4.78 is 11.2. The summed E-state index contributed by atoms with van der Waals surface area (Å²) >= 11 is 12.7. The molecule has 21 heavy (non-hydrogen) atoms. The maximum absolute atomic E-state index is 6.43. The van der Waals surface area contributed by atoms with Crippen molar-refractivity contribution in [2.24, 2.45) is 0 Å². The van der Waals surface area contributed by atoms with Crippen LogP contribution in [-0.4, -0.2) is 25.9 Å². The summed E-state index contributed by atoms with van der Waals surface area (Å²) in [5, 5.41) is 4.77. The van der Waals surface area contributed by atoms with Gasteiger partial charge in [-0.15, -0.1) is 0 Å². The van der Waals surface area contributed by atoms with Crippen LogP contribution >= 0.6 is 23.2 Å². The molecule has 5 heteroatoms. The number of hydrogen-bond acceptors (Lipinski definition) is 3. The molecule has 3 nitrogen and oxygen atoms in total. The van der Waals surface area contributed by atoms with Crippen molar-refractivity contribution in [3.63, 3.8) is 0 Å². The molecule has 1 aliphatic heterocycles. The Balaban J connectivity index is 2.20. The van der Waals surface area contributed by atoms with Crippen LogP contribution in [0, 0.1) is 0 Å². The van der Waals surface area contributed by atoms with Crippen LogP contribution in [0.5, 0.6) is 5.75 Å². The molecule has 1 aromatic carbocycles. The Morgan fingerprint density at radius 3 is 2.76 bits per heavy atom. The average Bonchev–Trinajstić information content (AvgIpc) is 2.95. The van der Waals surface area contributed by atoms with Crippen molar-refractivity contribution in [2.75, 3.05) is 19.8 Å². The molecule has 0 saturated carbocycles. The molecule has 1 heterocycles. The topological polar surface area (TPSA) is 30.5 Å². The van der Waals surface area contributed by atoms with Crippen molar-refractivity contribution >= 4 is 23.2 Å². The Bertz CT molecular complexity index is 462. The molecule has 1 aromatic rings. The fourth-order valence-electron chi connectivity index (χ4n) is 2.74. The van der Waals surface area contributed by atoms with Crippen LogP contribution < -0.4 is 10.1 Å². The Kier molecular flexibility index (Phi) is 6.62. The zero-order chi connectivity index (χ0) is 15.2. The molecule has 0 aliphatic carbocycles. The Labute approximate surface area is 136 Å². The lowest BCUT2D eigenvalue weighted by atomic mass is 9.99. The van der Waals surface area contributed by atoms with E-state index >= 15 is 0 Å². The lowest BCUT2D eigenvalue weighted by Crippen LogP contribution is -2.25. The molecule has 2 atom stereocenters. The second-order valence-corrected chi connectivity index (χ2v) is 6.03. The maximum atomic E-state index is 6.43. The van der Waals surface area contributed by atoms with Gasteiger partial charge >= 0.3 is 0 Å². The van der Waals surface area contributed by atoms with Crippen LogP contribution in [0.25, 0.3) is 0 Å². The standard InChI is InChI=1S/C16H23Cl2NO2/c1-3-19-15(8-11-6-5-7-21-11)12-9-14(18)16(20-4-2)10-13(12)17/h9-11,15,19H,3-8H2,1-2H3. The van der Waals surface area contributed by atoms with Gasteiger partial charge in [0.05, 0.1) is 17.7 Å². The van der Waals surface area contributed by atoms with Crippen LogP contribution in [0.15, 0.2) is 12.1 Å². The van der Waals surface area contributed by atoms with E-state index in [0.29, 0.717) is 28.5 Å². The third-order valence-electron chi connectivity index (χ3n) is 3.70. The second-order valence-electron chi connectivity index (χ2n) is 5.22. The first-order chi connectivity index (χ1) is 10.2. The fourth-order valence-corrected chi connectivity index (χ4v) is 3.25. The monoisotopic (exact) mass is 331 g/mol. The van der Waals surface area contributed by atoms with Gasteiger partial charge in [0.1, 0.15) is 5.75 Å². The van der Waals surface area contributed by atoms with Gasteiger partial charge in [0.2, 0.25) is 0 Å². The van der Waals surface area contributed by atoms with Gasteiger partial charge in [0, 0.05) is 23.7 Å². The summed E-state index contributed by atoms with van der Waals surface area (Å²) in [4.78, 5) is 0. The first-order valence-corrected chi connectivity index (χ1v) is 8.38. The van der Waals surface area contributed by atoms with E-state index in [9.17, 15) is 0 Å². The number of benzene rings is 1. The highest BCUT2D eigenvalue weighted by Crippen LogP contribution is 2.36. The molecular weight excluding hydrogens is 309 g/mol. The van der Waals surface area contributed by atoms with Crippen LogP contribution in [0.1, 0.15) is 44.7 Å². The highest BCUT2D eigenvalue weighted by atomic mass is 35.5. The van der Waals surface area contributed by atoms with Crippen molar-refractivity contribution < 1.29 is 9.47 Å². The third kappa shape index (κ3) is 4.49. The van der Waals surface area contributed by atoms with Gasteiger partial charge in [0.25, 0.3) is 0 Å². The molecule has 0 aromatic heterocycles. The van der Waals surface area contributed by atoms with Gasteiger partial charge < -0.3 is 14.8 Å². The van der Waals surface area contributed by atoms with E-state index in [2.05, 4.69) is 12.2 Å². The van der Waals surface area contributed by atoms with Crippen LogP contribution in [0.4, 0.5) is 0 Å². The maximum Gasteiger partial charge on any atom is 0.139 e. The van der Waals surface area contributed by atoms with Crippen molar-refractivity contribution in [3.8, 4) is 5.75 Å². The molecule has 2 unspecified atom stereocenters. The summed E-state index contributed by atoms with van der Waals surface area (Å²) in [5.41, 5.74) is 1.02. The Hall–Kier alpha value is -0.480. The van der Waals surface area contributed by atoms with Gasteiger partial charge in [-0.05, 0) is 44.4 Å². The highest BCUT2D eigenvalue weighted by Gasteiger charge is 2.24. The molecule has 1 fully saturated rings. The third-order valence-corrected chi connectivity index (χ3v) is 4.32. The first-order valence-electron chi connectivity index (χ1n) is 7.62. The Morgan fingerprint density at radius 2 is 2.14 bits per heavy atom. The number of halogens is 2. The minimum Gasteiger partial charge on any atom is -0.492 e. The molecular formula is C16H23Cl2NO2. The molecule has 1 N–H and O–H groups in total. The highest BCUT2D eigenvalue weighted by molar-refractivity contribution is 6.34. The molecule has 0 amide bonds. The van der Waals surface area contributed by atoms with Gasteiger partial charge in [-0.2, -0.15) is 0 Å². The normalized spacial score (nSPS) is 19.7. The van der Waals surface area contributed by atoms with Gasteiger partial charge in [-0.3, -0.25) is 0 Å². The van der Waals surface area contributed by atoms with Gasteiger partial charge in [0.15, 0.2) is 0 Å².